The first-order valence-corrected chi connectivity index (χ1v) is 12.7. The molecule has 1 heterocycles. The quantitative estimate of drug-likeness (QED) is 0.335. The number of carboxylic acid groups (broad SMARTS) is 1. The summed E-state index contributed by atoms with van der Waals surface area (Å²) in [4.78, 5) is 26.4. The summed E-state index contributed by atoms with van der Waals surface area (Å²) >= 11 is 0. The number of allylic oxidation sites excluding steroid dienone is 1. The maximum Gasteiger partial charge on any atom is 0.315 e. The highest BCUT2D eigenvalue weighted by molar-refractivity contribution is 5.90. The number of ether oxygens (including phenoxy) is 2. The number of fused-ring (bicyclic) bond motifs is 2. The summed E-state index contributed by atoms with van der Waals surface area (Å²) in [5.74, 6) is -0.472. The van der Waals surface area contributed by atoms with E-state index in [1.807, 2.05) is 13.8 Å². The van der Waals surface area contributed by atoms with Crippen molar-refractivity contribution in [2.75, 3.05) is 6.61 Å². The van der Waals surface area contributed by atoms with Gasteiger partial charge >= 0.3 is 5.97 Å². The molecular formula is C26H38O8. The zero-order valence-electron chi connectivity index (χ0n) is 20.4. The van der Waals surface area contributed by atoms with Gasteiger partial charge in [-0.3, -0.25) is 4.79 Å². The Morgan fingerprint density at radius 3 is 2.50 bits per heavy atom. The molecule has 0 unspecified atom stereocenters. The molecule has 5 rings (SSSR count). The third kappa shape index (κ3) is 2.67. The molecule has 0 spiro atoms. The van der Waals surface area contributed by atoms with E-state index in [2.05, 4.69) is 13.0 Å². The number of hydrogen-bond acceptors (Lipinski definition) is 7. The summed E-state index contributed by atoms with van der Waals surface area (Å²) in [6.07, 6.45) is -0.0313. The van der Waals surface area contributed by atoms with Crippen molar-refractivity contribution in [2.24, 2.45) is 45.8 Å². The van der Waals surface area contributed by atoms with Crippen LogP contribution in [-0.2, 0) is 19.1 Å². The first kappa shape index (κ1) is 24.4. The number of aliphatic carboxylic acids is 1. The molecule has 4 aliphatic carbocycles. The molecule has 12 atom stereocenters. The molecule has 8 heteroatoms. The molecule has 1 saturated heterocycles. The first-order chi connectivity index (χ1) is 16.0. The van der Waals surface area contributed by atoms with Gasteiger partial charge in [0, 0.05) is 5.41 Å². The minimum absolute atomic E-state index is 0.000517. The van der Waals surface area contributed by atoms with Crippen molar-refractivity contribution >= 4 is 12.3 Å². The fourth-order valence-corrected chi connectivity index (χ4v) is 9.02. The Bertz CT molecular complexity index is 901. The lowest BCUT2D eigenvalue weighted by molar-refractivity contribution is -0.304. The molecule has 4 N–H and O–H groups in total. The molecule has 0 amide bonds. The van der Waals surface area contributed by atoms with Crippen LogP contribution in [0.4, 0.5) is 0 Å². The van der Waals surface area contributed by atoms with Crippen LogP contribution in [-0.4, -0.2) is 70.0 Å². The number of carbonyl (C=O) groups is 2. The Balaban J connectivity index is 1.59. The molecule has 4 fully saturated rings. The smallest absolute Gasteiger partial charge is 0.315 e. The van der Waals surface area contributed by atoms with Gasteiger partial charge < -0.3 is 34.7 Å². The van der Waals surface area contributed by atoms with E-state index in [1.54, 1.807) is 6.92 Å². The summed E-state index contributed by atoms with van der Waals surface area (Å²) in [7, 11) is 0. The largest absolute Gasteiger partial charge is 0.481 e. The third-order valence-corrected chi connectivity index (χ3v) is 10.4. The summed E-state index contributed by atoms with van der Waals surface area (Å²) < 4.78 is 11.8. The fourth-order valence-electron chi connectivity index (χ4n) is 9.02. The normalized spacial score (nSPS) is 53.6. The van der Waals surface area contributed by atoms with Gasteiger partial charge in [-0.25, -0.2) is 0 Å². The number of hydrogen-bond donors (Lipinski definition) is 4. The van der Waals surface area contributed by atoms with E-state index < -0.39 is 52.9 Å². The molecule has 0 radical (unpaired) electrons. The zero-order chi connectivity index (χ0) is 24.8. The van der Waals surface area contributed by atoms with Crippen LogP contribution < -0.4 is 0 Å². The van der Waals surface area contributed by atoms with Crippen molar-refractivity contribution in [3.8, 4) is 0 Å². The van der Waals surface area contributed by atoms with Crippen LogP contribution >= 0.6 is 0 Å². The lowest BCUT2D eigenvalue weighted by Gasteiger charge is -2.58. The highest BCUT2D eigenvalue weighted by Gasteiger charge is 2.84. The second-order valence-electron chi connectivity index (χ2n) is 12.0. The summed E-state index contributed by atoms with van der Waals surface area (Å²) in [6, 6.07) is 0. The lowest BCUT2D eigenvalue weighted by atomic mass is 9.43. The van der Waals surface area contributed by atoms with Gasteiger partial charge in [0.2, 0.25) is 0 Å². The average Bonchev–Trinajstić information content (AvgIpc) is 3.36. The van der Waals surface area contributed by atoms with Crippen LogP contribution in [0.1, 0.15) is 53.4 Å². The maximum atomic E-state index is 13.4. The number of rotatable bonds is 6. The second kappa shape index (κ2) is 7.84. The second-order valence-corrected chi connectivity index (χ2v) is 12.0. The van der Waals surface area contributed by atoms with Crippen LogP contribution in [0.25, 0.3) is 0 Å². The van der Waals surface area contributed by atoms with E-state index in [-0.39, 0.29) is 30.3 Å². The topological polar surface area (TPSA) is 134 Å². The highest BCUT2D eigenvalue weighted by atomic mass is 16.7. The molecule has 0 aromatic heterocycles. The number of aldehydes is 1. The monoisotopic (exact) mass is 478 g/mol. The van der Waals surface area contributed by atoms with Gasteiger partial charge in [0.05, 0.1) is 18.1 Å². The number of aliphatic hydroxyl groups excluding tert-OH is 3. The van der Waals surface area contributed by atoms with Crippen molar-refractivity contribution in [2.45, 2.75) is 84.1 Å². The number of carboxylic acids is 1. The first-order valence-electron chi connectivity index (χ1n) is 12.7. The lowest BCUT2D eigenvalue weighted by Crippen LogP contribution is -2.64. The van der Waals surface area contributed by atoms with E-state index in [1.165, 1.54) is 0 Å². The Hall–Kier alpha value is -1.32. The molecule has 3 saturated carbocycles. The molecule has 4 bridgehead atoms. The molecule has 5 aliphatic rings. The predicted molar refractivity (Wildman–Crippen MR) is 120 cm³/mol. The van der Waals surface area contributed by atoms with Gasteiger partial charge in [0.1, 0.15) is 30.0 Å². The summed E-state index contributed by atoms with van der Waals surface area (Å²) in [5, 5.41) is 41.8. The Kier molecular flexibility index (Phi) is 5.62. The number of aliphatic hydroxyl groups is 3. The van der Waals surface area contributed by atoms with Crippen molar-refractivity contribution in [3.63, 3.8) is 0 Å². The van der Waals surface area contributed by atoms with Crippen LogP contribution in [0.15, 0.2) is 11.6 Å². The van der Waals surface area contributed by atoms with Gasteiger partial charge in [-0.15, -0.1) is 0 Å². The Morgan fingerprint density at radius 2 is 1.88 bits per heavy atom. The minimum atomic E-state index is -1.46. The van der Waals surface area contributed by atoms with Crippen LogP contribution in [0, 0.1) is 45.8 Å². The SMILES string of the molecule is CC(C)C1=C[C@H]2C[C@]3(C=O)[C@@H]4CC[C@@H](C)[C@H]4C[C@@]2(CO[C@H]2O[C@@H](C)[C@@H](O)[C@@H](O)[C@H]2O)[C@]13C(=O)O. The van der Waals surface area contributed by atoms with Crippen molar-refractivity contribution < 1.29 is 39.5 Å². The average molecular weight is 479 g/mol. The fraction of sp³-hybridized carbons (Fsp3) is 0.846. The van der Waals surface area contributed by atoms with Gasteiger partial charge in [-0.2, -0.15) is 0 Å². The van der Waals surface area contributed by atoms with E-state index in [0.717, 1.165) is 24.7 Å². The van der Waals surface area contributed by atoms with Gasteiger partial charge in [0.15, 0.2) is 6.29 Å². The maximum absolute atomic E-state index is 13.4. The van der Waals surface area contributed by atoms with Crippen LogP contribution in [0.3, 0.4) is 0 Å². The van der Waals surface area contributed by atoms with E-state index >= 15 is 0 Å². The highest BCUT2D eigenvalue weighted by Crippen LogP contribution is 2.82. The molecule has 190 valence electrons. The molecular weight excluding hydrogens is 440 g/mol. The molecule has 34 heavy (non-hydrogen) atoms. The van der Waals surface area contributed by atoms with Crippen LogP contribution in [0.2, 0.25) is 0 Å². The van der Waals surface area contributed by atoms with Gasteiger partial charge in [-0.1, -0.05) is 38.8 Å². The van der Waals surface area contributed by atoms with E-state index in [4.69, 9.17) is 9.47 Å². The van der Waals surface area contributed by atoms with Crippen molar-refractivity contribution in [3.05, 3.63) is 11.6 Å². The van der Waals surface area contributed by atoms with E-state index in [9.17, 15) is 30.0 Å². The Labute approximate surface area is 200 Å². The number of carbonyl (C=O) groups excluding carboxylic acids is 1. The standard InChI is InChI=1S/C26H38O8/c1-12(2)18-7-15-8-24(10-27)17-6-5-13(3)16(17)9-25(15,26(18,24)23(31)32)11-33-22-21(30)20(29)19(28)14(4)34-22/h7,10,12-17,19-22,28-30H,5-6,8-9,11H2,1-4H3,(H,31,32)/t13-,14+,15+,16-,17-,19-,20-,21-,22+,24+,25+,26+/m1/s1. The Morgan fingerprint density at radius 1 is 1.18 bits per heavy atom. The molecule has 0 aromatic carbocycles. The van der Waals surface area contributed by atoms with Gasteiger partial charge in [0.25, 0.3) is 0 Å². The van der Waals surface area contributed by atoms with Crippen molar-refractivity contribution in [1.29, 1.82) is 0 Å². The van der Waals surface area contributed by atoms with E-state index in [0.29, 0.717) is 18.8 Å². The third-order valence-electron chi connectivity index (χ3n) is 10.4. The zero-order valence-corrected chi connectivity index (χ0v) is 20.4. The molecule has 8 nitrogen and oxygen atoms in total. The van der Waals surface area contributed by atoms with Crippen molar-refractivity contribution in [1.82, 2.24) is 0 Å². The van der Waals surface area contributed by atoms with Crippen LogP contribution in [0.5, 0.6) is 0 Å². The predicted octanol–water partition coefficient (Wildman–Crippen LogP) is 1.76. The van der Waals surface area contributed by atoms with Gasteiger partial charge in [-0.05, 0) is 55.8 Å². The molecule has 1 aliphatic heterocycles. The summed E-state index contributed by atoms with van der Waals surface area (Å²) in [6.45, 7) is 7.76. The molecule has 0 aromatic rings. The minimum Gasteiger partial charge on any atom is -0.481 e. The summed E-state index contributed by atoms with van der Waals surface area (Å²) in [5.41, 5.74) is -2.37.